The quantitative estimate of drug-likeness (QED) is 0.471. The van der Waals surface area contributed by atoms with Crippen molar-refractivity contribution in [2.45, 2.75) is 26.6 Å². The second-order valence-electron chi connectivity index (χ2n) is 7.19. The highest BCUT2D eigenvalue weighted by molar-refractivity contribution is 6.33. The Labute approximate surface area is 184 Å². The standard InChI is InChI=1S/C23H21ClFN5O/c1-16-21(22(24)30(28-16)14-17-7-9-20(25)10-8-17)23(31)26-13-18-5-2-3-6-19(18)15-29-12-4-11-27-29/h2-12H,13-15H2,1H3,(H,26,31). The van der Waals surface area contributed by atoms with Gasteiger partial charge in [-0.1, -0.05) is 48.0 Å². The fourth-order valence-electron chi connectivity index (χ4n) is 3.40. The summed E-state index contributed by atoms with van der Waals surface area (Å²) in [5.74, 6) is -0.596. The summed E-state index contributed by atoms with van der Waals surface area (Å²) >= 11 is 6.47. The first-order valence-corrected chi connectivity index (χ1v) is 10.2. The van der Waals surface area contributed by atoms with Crippen LogP contribution in [0, 0.1) is 12.7 Å². The first kappa shape index (κ1) is 20.8. The van der Waals surface area contributed by atoms with Gasteiger partial charge in [0.2, 0.25) is 0 Å². The molecule has 0 unspecified atom stereocenters. The van der Waals surface area contributed by atoms with E-state index in [0.717, 1.165) is 16.7 Å². The molecule has 0 atom stereocenters. The van der Waals surface area contributed by atoms with E-state index in [4.69, 9.17) is 11.6 Å². The lowest BCUT2D eigenvalue weighted by Crippen LogP contribution is -2.24. The van der Waals surface area contributed by atoms with Crippen LogP contribution in [0.25, 0.3) is 0 Å². The molecule has 31 heavy (non-hydrogen) atoms. The Kier molecular flexibility index (Phi) is 6.13. The van der Waals surface area contributed by atoms with Crippen LogP contribution in [-0.4, -0.2) is 25.5 Å². The Hall–Kier alpha value is -3.45. The van der Waals surface area contributed by atoms with Gasteiger partial charge in [0.15, 0.2) is 0 Å². The smallest absolute Gasteiger partial charge is 0.256 e. The van der Waals surface area contributed by atoms with E-state index in [1.54, 1.807) is 29.9 Å². The number of aromatic nitrogens is 4. The average Bonchev–Trinajstić information content (AvgIpc) is 3.36. The number of aryl methyl sites for hydroxylation is 1. The Bertz CT molecular complexity index is 1190. The Balaban J connectivity index is 1.47. The summed E-state index contributed by atoms with van der Waals surface area (Å²) in [4.78, 5) is 12.9. The van der Waals surface area contributed by atoms with Gasteiger partial charge in [0.05, 0.1) is 24.3 Å². The van der Waals surface area contributed by atoms with Gasteiger partial charge >= 0.3 is 0 Å². The van der Waals surface area contributed by atoms with E-state index in [1.165, 1.54) is 12.1 Å². The highest BCUT2D eigenvalue weighted by atomic mass is 35.5. The van der Waals surface area contributed by atoms with Crippen molar-refractivity contribution in [3.63, 3.8) is 0 Å². The molecule has 8 heteroatoms. The lowest BCUT2D eigenvalue weighted by molar-refractivity contribution is 0.0950. The highest BCUT2D eigenvalue weighted by Crippen LogP contribution is 2.21. The minimum atomic E-state index is -0.306. The molecule has 4 rings (SSSR count). The van der Waals surface area contributed by atoms with Gasteiger partial charge in [-0.2, -0.15) is 10.2 Å². The maximum Gasteiger partial charge on any atom is 0.256 e. The predicted octanol–water partition coefficient (Wildman–Crippen LogP) is 4.21. The molecular formula is C23H21ClFN5O. The van der Waals surface area contributed by atoms with E-state index in [1.807, 2.05) is 41.2 Å². The van der Waals surface area contributed by atoms with Gasteiger partial charge in [0.25, 0.3) is 5.91 Å². The molecular weight excluding hydrogens is 417 g/mol. The van der Waals surface area contributed by atoms with Gasteiger partial charge in [-0.25, -0.2) is 9.07 Å². The van der Waals surface area contributed by atoms with E-state index < -0.39 is 0 Å². The molecule has 6 nitrogen and oxygen atoms in total. The monoisotopic (exact) mass is 437 g/mol. The maximum absolute atomic E-state index is 13.1. The Morgan fingerprint density at radius 1 is 1.06 bits per heavy atom. The van der Waals surface area contributed by atoms with Crippen LogP contribution in [0.3, 0.4) is 0 Å². The van der Waals surface area contributed by atoms with Crippen LogP contribution in [0.1, 0.15) is 32.7 Å². The van der Waals surface area contributed by atoms with Crippen LogP contribution in [0.2, 0.25) is 5.15 Å². The molecule has 0 saturated heterocycles. The van der Waals surface area contributed by atoms with Crippen molar-refractivity contribution >= 4 is 17.5 Å². The van der Waals surface area contributed by atoms with E-state index >= 15 is 0 Å². The number of benzene rings is 2. The largest absolute Gasteiger partial charge is 0.348 e. The molecule has 0 bridgehead atoms. The lowest BCUT2D eigenvalue weighted by atomic mass is 10.1. The van der Waals surface area contributed by atoms with Crippen molar-refractivity contribution in [2.75, 3.05) is 0 Å². The summed E-state index contributed by atoms with van der Waals surface area (Å²) in [6, 6.07) is 15.9. The molecule has 2 aromatic carbocycles. The first-order chi connectivity index (χ1) is 15.0. The van der Waals surface area contributed by atoms with Crippen molar-refractivity contribution in [3.05, 3.63) is 106 Å². The number of halogens is 2. The zero-order valence-corrected chi connectivity index (χ0v) is 17.7. The van der Waals surface area contributed by atoms with Gasteiger partial charge in [-0.3, -0.25) is 9.48 Å². The minimum absolute atomic E-state index is 0.254. The molecule has 1 N–H and O–H groups in total. The summed E-state index contributed by atoms with van der Waals surface area (Å²) in [6.45, 7) is 3.07. The predicted molar refractivity (Wildman–Crippen MR) is 116 cm³/mol. The molecule has 0 radical (unpaired) electrons. The van der Waals surface area contributed by atoms with Gasteiger partial charge in [0, 0.05) is 18.9 Å². The number of nitrogens with one attached hydrogen (secondary N) is 1. The third kappa shape index (κ3) is 4.83. The van der Waals surface area contributed by atoms with E-state index in [2.05, 4.69) is 15.5 Å². The van der Waals surface area contributed by atoms with Crippen molar-refractivity contribution < 1.29 is 9.18 Å². The van der Waals surface area contributed by atoms with E-state index in [9.17, 15) is 9.18 Å². The van der Waals surface area contributed by atoms with Crippen LogP contribution in [0.5, 0.6) is 0 Å². The van der Waals surface area contributed by atoms with Gasteiger partial charge < -0.3 is 5.32 Å². The molecule has 0 fully saturated rings. The fraction of sp³-hybridized carbons (Fsp3) is 0.174. The normalized spacial score (nSPS) is 10.9. The molecule has 158 valence electrons. The number of hydrogen-bond donors (Lipinski definition) is 1. The van der Waals surface area contributed by atoms with Gasteiger partial charge in [-0.05, 0) is 41.8 Å². The molecule has 2 heterocycles. The number of hydrogen-bond acceptors (Lipinski definition) is 3. The fourth-order valence-corrected chi connectivity index (χ4v) is 3.72. The van der Waals surface area contributed by atoms with Crippen LogP contribution in [0.15, 0.2) is 67.0 Å². The summed E-state index contributed by atoms with van der Waals surface area (Å²) in [6.07, 6.45) is 3.63. The molecule has 0 saturated carbocycles. The maximum atomic E-state index is 13.1. The summed E-state index contributed by atoms with van der Waals surface area (Å²) in [5.41, 5.74) is 3.79. The van der Waals surface area contributed by atoms with E-state index in [0.29, 0.717) is 30.9 Å². The van der Waals surface area contributed by atoms with Crippen molar-refractivity contribution in [1.29, 1.82) is 0 Å². The number of nitrogens with zero attached hydrogens (tertiary/aromatic N) is 4. The topological polar surface area (TPSA) is 64.7 Å². The van der Waals surface area contributed by atoms with Crippen molar-refractivity contribution in [2.24, 2.45) is 0 Å². The second kappa shape index (κ2) is 9.14. The van der Waals surface area contributed by atoms with Crippen LogP contribution in [-0.2, 0) is 19.6 Å². The SMILES string of the molecule is Cc1nn(Cc2ccc(F)cc2)c(Cl)c1C(=O)NCc1ccccc1Cn1cccn1. The minimum Gasteiger partial charge on any atom is -0.348 e. The zero-order valence-electron chi connectivity index (χ0n) is 16.9. The molecule has 1 amide bonds. The van der Waals surface area contributed by atoms with Crippen molar-refractivity contribution in [3.8, 4) is 0 Å². The molecule has 2 aromatic heterocycles. The zero-order chi connectivity index (χ0) is 21.8. The summed E-state index contributed by atoms with van der Waals surface area (Å²) < 4.78 is 16.5. The average molecular weight is 438 g/mol. The van der Waals surface area contributed by atoms with Crippen molar-refractivity contribution in [1.82, 2.24) is 24.9 Å². The number of carbonyl (C=O) groups excluding carboxylic acids is 1. The highest BCUT2D eigenvalue weighted by Gasteiger charge is 2.20. The third-order valence-corrected chi connectivity index (χ3v) is 5.37. The summed E-state index contributed by atoms with van der Waals surface area (Å²) in [5, 5.41) is 11.8. The number of amides is 1. The molecule has 0 aliphatic rings. The Morgan fingerprint density at radius 3 is 2.52 bits per heavy atom. The molecule has 0 aliphatic heterocycles. The lowest BCUT2D eigenvalue weighted by Gasteiger charge is -2.11. The van der Waals surface area contributed by atoms with Crippen LogP contribution >= 0.6 is 11.6 Å². The second-order valence-corrected chi connectivity index (χ2v) is 7.55. The molecule has 0 spiro atoms. The number of rotatable bonds is 7. The number of carbonyl (C=O) groups is 1. The van der Waals surface area contributed by atoms with Crippen LogP contribution < -0.4 is 5.32 Å². The molecule has 0 aliphatic carbocycles. The van der Waals surface area contributed by atoms with E-state index in [-0.39, 0.29) is 16.9 Å². The van der Waals surface area contributed by atoms with Gasteiger partial charge in [0.1, 0.15) is 11.0 Å². The molecule has 4 aromatic rings. The Morgan fingerprint density at radius 2 is 1.81 bits per heavy atom. The van der Waals surface area contributed by atoms with Crippen LogP contribution in [0.4, 0.5) is 4.39 Å². The van der Waals surface area contributed by atoms with Gasteiger partial charge in [-0.15, -0.1) is 0 Å². The third-order valence-electron chi connectivity index (χ3n) is 4.99. The summed E-state index contributed by atoms with van der Waals surface area (Å²) in [7, 11) is 0. The first-order valence-electron chi connectivity index (χ1n) is 9.81.